The van der Waals surface area contributed by atoms with Crippen molar-refractivity contribution >= 4 is 5.96 Å². The minimum atomic E-state index is 0.451. The lowest BCUT2D eigenvalue weighted by Crippen LogP contribution is -2.43. The fraction of sp³-hybridized carbons (Fsp3) is 0.933. The van der Waals surface area contributed by atoms with E-state index < -0.39 is 0 Å². The monoisotopic (exact) mass is 269 g/mol. The molecule has 4 heteroatoms. The Labute approximate surface area is 118 Å². The van der Waals surface area contributed by atoms with E-state index in [1.807, 2.05) is 7.05 Å². The van der Waals surface area contributed by atoms with Crippen LogP contribution in [0.2, 0.25) is 0 Å². The quantitative estimate of drug-likeness (QED) is 0.404. The maximum atomic E-state index is 5.61. The van der Waals surface area contributed by atoms with Crippen molar-refractivity contribution < 1.29 is 4.74 Å². The Bertz CT molecular complexity index is 250. The Balaban J connectivity index is 2.10. The lowest BCUT2D eigenvalue weighted by molar-refractivity contribution is 0.105. The molecule has 0 amide bonds. The van der Waals surface area contributed by atoms with Gasteiger partial charge >= 0.3 is 0 Å². The molecule has 1 heterocycles. The maximum absolute atomic E-state index is 5.61. The third-order valence-electron chi connectivity index (χ3n) is 3.63. The third-order valence-corrected chi connectivity index (χ3v) is 3.63. The van der Waals surface area contributed by atoms with Crippen molar-refractivity contribution in [2.24, 2.45) is 4.99 Å². The molecule has 1 rings (SSSR count). The number of rotatable bonds is 8. The Morgan fingerprint density at radius 1 is 1.42 bits per heavy atom. The largest absolute Gasteiger partial charge is 0.378 e. The molecule has 2 N–H and O–H groups in total. The molecule has 19 heavy (non-hydrogen) atoms. The highest BCUT2D eigenvalue weighted by Gasteiger charge is 2.15. The highest BCUT2D eigenvalue weighted by Crippen LogP contribution is 2.14. The summed E-state index contributed by atoms with van der Waals surface area (Å²) < 4.78 is 5.61. The predicted molar refractivity (Wildman–Crippen MR) is 81.7 cm³/mol. The first-order valence-electron chi connectivity index (χ1n) is 7.85. The summed E-state index contributed by atoms with van der Waals surface area (Å²) in [5.41, 5.74) is 0. The molecule has 1 aliphatic heterocycles. The summed E-state index contributed by atoms with van der Waals surface area (Å²) >= 11 is 0. The van der Waals surface area contributed by atoms with Crippen LogP contribution < -0.4 is 10.6 Å². The van der Waals surface area contributed by atoms with Crippen LogP contribution in [0, 0.1) is 0 Å². The highest BCUT2D eigenvalue weighted by molar-refractivity contribution is 5.79. The number of nitrogens with zero attached hydrogens (tertiary/aromatic N) is 1. The fourth-order valence-electron chi connectivity index (χ4n) is 2.42. The number of hydrogen-bond acceptors (Lipinski definition) is 2. The molecule has 0 radical (unpaired) electrons. The van der Waals surface area contributed by atoms with Gasteiger partial charge in [0.15, 0.2) is 5.96 Å². The van der Waals surface area contributed by atoms with E-state index in [1.165, 1.54) is 38.5 Å². The number of hydrogen-bond donors (Lipinski definition) is 2. The second kappa shape index (κ2) is 10.1. The summed E-state index contributed by atoms with van der Waals surface area (Å²) in [6, 6.07) is 0.487. The van der Waals surface area contributed by atoms with Crippen LogP contribution in [0.1, 0.15) is 58.8 Å². The second-order valence-corrected chi connectivity index (χ2v) is 5.46. The van der Waals surface area contributed by atoms with Crippen LogP contribution in [0.5, 0.6) is 0 Å². The van der Waals surface area contributed by atoms with Gasteiger partial charge in [-0.05, 0) is 32.6 Å². The normalized spacial score (nSPS) is 21.4. The molecule has 2 atom stereocenters. The molecule has 0 aromatic rings. The van der Waals surface area contributed by atoms with E-state index in [-0.39, 0.29) is 0 Å². The molecule has 112 valence electrons. The molecule has 2 unspecified atom stereocenters. The molecular weight excluding hydrogens is 238 g/mol. The lowest BCUT2D eigenvalue weighted by Gasteiger charge is -2.18. The van der Waals surface area contributed by atoms with Crippen molar-refractivity contribution in [2.45, 2.75) is 70.9 Å². The van der Waals surface area contributed by atoms with Crippen molar-refractivity contribution in [2.75, 3.05) is 20.2 Å². The molecule has 1 saturated heterocycles. The van der Waals surface area contributed by atoms with Crippen molar-refractivity contribution in [1.29, 1.82) is 0 Å². The summed E-state index contributed by atoms with van der Waals surface area (Å²) in [4.78, 5) is 4.27. The summed E-state index contributed by atoms with van der Waals surface area (Å²) in [6.45, 7) is 6.34. The Hall–Kier alpha value is -0.770. The third kappa shape index (κ3) is 7.41. The Morgan fingerprint density at radius 2 is 2.26 bits per heavy atom. The van der Waals surface area contributed by atoms with Crippen LogP contribution in [0.4, 0.5) is 0 Å². The van der Waals surface area contributed by atoms with Crippen molar-refractivity contribution in [3.05, 3.63) is 0 Å². The van der Waals surface area contributed by atoms with Crippen LogP contribution >= 0.6 is 0 Å². The van der Waals surface area contributed by atoms with Crippen molar-refractivity contribution in [1.82, 2.24) is 10.6 Å². The lowest BCUT2D eigenvalue weighted by atomic mass is 10.1. The van der Waals surface area contributed by atoms with Crippen LogP contribution in [0.3, 0.4) is 0 Å². The summed E-state index contributed by atoms with van der Waals surface area (Å²) in [6.07, 6.45) is 9.04. The molecule has 4 nitrogen and oxygen atoms in total. The zero-order valence-electron chi connectivity index (χ0n) is 12.9. The fourth-order valence-corrected chi connectivity index (χ4v) is 2.42. The molecule has 0 bridgehead atoms. The first kappa shape index (κ1) is 16.3. The molecular formula is C15H31N3O. The van der Waals surface area contributed by atoms with Gasteiger partial charge in [-0.1, -0.05) is 26.2 Å². The van der Waals surface area contributed by atoms with E-state index in [2.05, 4.69) is 29.5 Å². The van der Waals surface area contributed by atoms with E-state index in [0.29, 0.717) is 12.1 Å². The van der Waals surface area contributed by atoms with E-state index >= 15 is 0 Å². The van der Waals surface area contributed by atoms with E-state index in [0.717, 1.165) is 25.5 Å². The molecule has 0 aliphatic carbocycles. The van der Waals surface area contributed by atoms with Gasteiger partial charge in [0.2, 0.25) is 0 Å². The zero-order chi connectivity index (χ0) is 13.9. The molecule has 1 aliphatic rings. The average molecular weight is 269 g/mol. The van der Waals surface area contributed by atoms with Crippen LogP contribution in [0.25, 0.3) is 0 Å². The van der Waals surface area contributed by atoms with Gasteiger partial charge in [-0.15, -0.1) is 0 Å². The predicted octanol–water partition coefficient (Wildman–Crippen LogP) is 2.69. The van der Waals surface area contributed by atoms with Crippen LogP contribution in [-0.4, -0.2) is 38.3 Å². The van der Waals surface area contributed by atoms with E-state index in [9.17, 15) is 0 Å². The first-order chi connectivity index (χ1) is 9.26. The van der Waals surface area contributed by atoms with Gasteiger partial charge in [-0.2, -0.15) is 0 Å². The number of nitrogens with one attached hydrogen (secondary N) is 2. The standard InChI is InChI=1S/C15H31N3O/c1-4-5-6-8-13(2)18-15(16-3)17-11-10-14-9-7-12-19-14/h13-14H,4-12H2,1-3H3,(H2,16,17,18). The number of unbranched alkanes of at least 4 members (excludes halogenated alkanes) is 2. The Kier molecular flexibility index (Phi) is 8.63. The maximum Gasteiger partial charge on any atom is 0.191 e. The van der Waals surface area contributed by atoms with Crippen molar-refractivity contribution in [3.63, 3.8) is 0 Å². The first-order valence-corrected chi connectivity index (χ1v) is 7.85. The zero-order valence-corrected chi connectivity index (χ0v) is 12.9. The topological polar surface area (TPSA) is 45.7 Å². The molecule has 0 saturated carbocycles. The van der Waals surface area contributed by atoms with Gasteiger partial charge in [-0.3, -0.25) is 4.99 Å². The smallest absolute Gasteiger partial charge is 0.191 e. The minimum Gasteiger partial charge on any atom is -0.378 e. The molecule has 1 fully saturated rings. The van der Waals surface area contributed by atoms with Gasteiger partial charge in [-0.25, -0.2) is 0 Å². The van der Waals surface area contributed by atoms with Gasteiger partial charge in [0, 0.05) is 26.2 Å². The van der Waals surface area contributed by atoms with Gasteiger partial charge in [0.05, 0.1) is 6.10 Å². The molecule has 0 aromatic carbocycles. The summed E-state index contributed by atoms with van der Waals surface area (Å²) in [7, 11) is 1.83. The highest BCUT2D eigenvalue weighted by atomic mass is 16.5. The van der Waals surface area contributed by atoms with E-state index in [1.54, 1.807) is 0 Å². The number of guanidine groups is 1. The van der Waals surface area contributed by atoms with E-state index in [4.69, 9.17) is 4.74 Å². The minimum absolute atomic E-state index is 0.451. The summed E-state index contributed by atoms with van der Waals surface area (Å²) in [5.74, 6) is 0.919. The SMILES string of the molecule is CCCCCC(C)NC(=NC)NCCC1CCCO1. The number of aliphatic imine (C=N–C) groups is 1. The Morgan fingerprint density at radius 3 is 2.89 bits per heavy atom. The van der Waals surface area contributed by atoms with Crippen LogP contribution in [0.15, 0.2) is 4.99 Å². The van der Waals surface area contributed by atoms with Crippen LogP contribution in [-0.2, 0) is 4.74 Å². The average Bonchev–Trinajstić information content (AvgIpc) is 2.91. The van der Waals surface area contributed by atoms with Crippen molar-refractivity contribution in [3.8, 4) is 0 Å². The summed E-state index contributed by atoms with van der Waals surface area (Å²) in [5, 5.41) is 6.83. The van der Waals surface area contributed by atoms with Gasteiger partial charge in [0.1, 0.15) is 0 Å². The van der Waals surface area contributed by atoms with Gasteiger partial charge in [0.25, 0.3) is 0 Å². The molecule has 0 spiro atoms. The van der Waals surface area contributed by atoms with Gasteiger partial charge < -0.3 is 15.4 Å². The molecule has 0 aromatic heterocycles. The number of ether oxygens (including phenoxy) is 1. The second-order valence-electron chi connectivity index (χ2n) is 5.46.